The third kappa shape index (κ3) is 2.62. The van der Waals surface area contributed by atoms with Gasteiger partial charge in [0.15, 0.2) is 0 Å². The largest absolute Gasteiger partial charge is 0.369 e. The van der Waals surface area contributed by atoms with Gasteiger partial charge in [0.2, 0.25) is 0 Å². The van der Waals surface area contributed by atoms with E-state index in [-0.39, 0.29) is 0 Å². The van der Waals surface area contributed by atoms with Gasteiger partial charge in [0.1, 0.15) is 5.82 Å². The van der Waals surface area contributed by atoms with Crippen LogP contribution in [0.2, 0.25) is 0 Å². The second-order valence-electron chi connectivity index (χ2n) is 5.88. The molecule has 0 aliphatic carbocycles. The van der Waals surface area contributed by atoms with Crippen LogP contribution in [0.15, 0.2) is 34.8 Å². The fraction of sp³-hybridized carbons (Fsp3) is 0.438. The van der Waals surface area contributed by atoms with E-state index in [0.717, 1.165) is 35.5 Å². The maximum Gasteiger partial charge on any atom is 0.139 e. The molecule has 20 heavy (non-hydrogen) atoms. The van der Waals surface area contributed by atoms with Gasteiger partial charge in [-0.3, -0.25) is 0 Å². The number of halogens is 1. The lowest BCUT2D eigenvalue weighted by Gasteiger charge is -2.25. The Labute approximate surface area is 128 Å². The van der Waals surface area contributed by atoms with Gasteiger partial charge < -0.3 is 5.32 Å². The van der Waals surface area contributed by atoms with E-state index < -0.39 is 0 Å². The number of rotatable bonds is 3. The summed E-state index contributed by atoms with van der Waals surface area (Å²) < 4.78 is 3.25. The van der Waals surface area contributed by atoms with Gasteiger partial charge in [-0.1, -0.05) is 44.2 Å². The van der Waals surface area contributed by atoms with Crippen molar-refractivity contribution in [2.24, 2.45) is 5.92 Å². The summed E-state index contributed by atoms with van der Waals surface area (Å²) >= 11 is 3.70. The minimum atomic E-state index is 0.488. The van der Waals surface area contributed by atoms with Crippen molar-refractivity contribution in [1.29, 1.82) is 0 Å². The first-order valence-electron chi connectivity index (χ1n) is 7.19. The van der Waals surface area contributed by atoms with Crippen molar-refractivity contribution in [3.8, 4) is 0 Å². The highest BCUT2D eigenvalue weighted by molar-refractivity contribution is 9.10. The molecule has 2 aromatic rings. The molecule has 3 rings (SSSR count). The van der Waals surface area contributed by atoms with Crippen LogP contribution in [0.4, 0.5) is 5.82 Å². The van der Waals surface area contributed by atoms with E-state index in [1.54, 1.807) is 0 Å². The topological polar surface area (TPSA) is 29.9 Å². The predicted octanol–water partition coefficient (Wildman–Crippen LogP) is 4.05. The lowest BCUT2D eigenvalue weighted by atomic mass is 9.98. The number of nitrogens with one attached hydrogen (secondary N) is 1. The first kappa shape index (κ1) is 13.7. The highest BCUT2D eigenvalue weighted by atomic mass is 79.9. The Kier molecular flexibility index (Phi) is 3.83. The number of aromatic nitrogens is 2. The van der Waals surface area contributed by atoms with Crippen LogP contribution in [0.3, 0.4) is 0 Å². The molecule has 1 atom stereocenters. The van der Waals surface area contributed by atoms with Crippen molar-refractivity contribution in [1.82, 2.24) is 9.78 Å². The predicted molar refractivity (Wildman–Crippen MR) is 86.1 cm³/mol. The molecule has 0 saturated heterocycles. The van der Waals surface area contributed by atoms with Gasteiger partial charge in [-0.15, -0.1) is 0 Å². The van der Waals surface area contributed by atoms with Crippen LogP contribution in [0.5, 0.6) is 0 Å². The van der Waals surface area contributed by atoms with E-state index in [9.17, 15) is 0 Å². The summed E-state index contributed by atoms with van der Waals surface area (Å²) in [6.07, 6.45) is 1.01. The molecule has 4 heteroatoms. The molecular formula is C16H20BrN3. The van der Waals surface area contributed by atoms with Gasteiger partial charge in [-0.25, -0.2) is 4.68 Å². The molecule has 0 saturated carbocycles. The SMILES string of the molecule is CC(C)Cc1nn2c(c1Br)NCC(c1ccccc1)C2. The summed E-state index contributed by atoms with van der Waals surface area (Å²) in [4.78, 5) is 0. The Hall–Kier alpha value is -1.29. The van der Waals surface area contributed by atoms with Gasteiger partial charge in [0.05, 0.1) is 16.7 Å². The monoisotopic (exact) mass is 333 g/mol. The first-order valence-corrected chi connectivity index (χ1v) is 7.98. The molecule has 0 amide bonds. The van der Waals surface area contributed by atoms with Crippen molar-refractivity contribution in [3.05, 3.63) is 46.1 Å². The fourth-order valence-corrected chi connectivity index (χ4v) is 3.34. The van der Waals surface area contributed by atoms with Gasteiger partial charge in [0, 0.05) is 12.5 Å². The van der Waals surface area contributed by atoms with E-state index >= 15 is 0 Å². The van der Waals surface area contributed by atoms with E-state index in [4.69, 9.17) is 5.10 Å². The van der Waals surface area contributed by atoms with Crippen LogP contribution >= 0.6 is 15.9 Å². The highest BCUT2D eigenvalue weighted by Crippen LogP contribution is 2.33. The lowest BCUT2D eigenvalue weighted by Crippen LogP contribution is -2.26. The smallest absolute Gasteiger partial charge is 0.139 e. The van der Waals surface area contributed by atoms with Crippen LogP contribution in [-0.2, 0) is 13.0 Å². The molecule has 1 aliphatic rings. The third-order valence-electron chi connectivity index (χ3n) is 3.74. The Bertz CT molecular complexity index is 589. The van der Waals surface area contributed by atoms with E-state index in [1.807, 2.05) is 0 Å². The number of hydrogen-bond donors (Lipinski definition) is 1. The number of anilines is 1. The van der Waals surface area contributed by atoms with Crippen molar-refractivity contribution >= 4 is 21.7 Å². The number of benzene rings is 1. The maximum atomic E-state index is 4.77. The summed E-state index contributed by atoms with van der Waals surface area (Å²) in [6, 6.07) is 10.7. The Morgan fingerprint density at radius 1 is 1.35 bits per heavy atom. The molecule has 106 valence electrons. The molecule has 0 radical (unpaired) electrons. The van der Waals surface area contributed by atoms with Crippen molar-refractivity contribution in [2.75, 3.05) is 11.9 Å². The fourth-order valence-electron chi connectivity index (χ4n) is 2.75. The van der Waals surface area contributed by atoms with E-state index in [0.29, 0.717) is 11.8 Å². The van der Waals surface area contributed by atoms with E-state index in [1.165, 1.54) is 5.56 Å². The Balaban J connectivity index is 1.85. The lowest BCUT2D eigenvalue weighted by molar-refractivity contribution is 0.497. The molecule has 0 spiro atoms. The number of nitrogens with zero attached hydrogens (tertiary/aromatic N) is 2. The molecule has 1 unspecified atom stereocenters. The van der Waals surface area contributed by atoms with Gasteiger partial charge in [-0.2, -0.15) is 5.10 Å². The highest BCUT2D eigenvalue weighted by Gasteiger charge is 2.24. The molecule has 0 fully saturated rings. The average molecular weight is 334 g/mol. The maximum absolute atomic E-state index is 4.77. The summed E-state index contributed by atoms with van der Waals surface area (Å²) in [5.74, 6) is 2.24. The normalized spacial score (nSPS) is 17.9. The van der Waals surface area contributed by atoms with Crippen molar-refractivity contribution in [2.45, 2.75) is 32.7 Å². The zero-order valence-corrected chi connectivity index (χ0v) is 13.5. The zero-order valence-electron chi connectivity index (χ0n) is 11.9. The van der Waals surface area contributed by atoms with Gasteiger partial charge in [0.25, 0.3) is 0 Å². The third-order valence-corrected chi connectivity index (χ3v) is 4.58. The van der Waals surface area contributed by atoms with Crippen molar-refractivity contribution in [3.63, 3.8) is 0 Å². The summed E-state index contributed by atoms with van der Waals surface area (Å²) in [6.45, 7) is 6.37. The summed E-state index contributed by atoms with van der Waals surface area (Å²) in [5, 5.41) is 8.30. The molecule has 1 aromatic heterocycles. The summed E-state index contributed by atoms with van der Waals surface area (Å²) in [7, 11) is 0. The second-order valence-corrected chi connectivity index (χ2v) is 6.67. The molecule has 1 aliphatic heterocycles. The molecule has 2 heterocycles. The molecule has 3 nitrogen and oxygen atoms in total. The average Bonchev–Trinajstić information content (AvgIpc) is 2.75. The molecular weight excluding hydrogens is 314 g/mol. The minimum Gasteiger partial charge on any atom is -0.369 e. The zero-order chi connectivity index (χ0) is 14.1. The van der Waals surface area contributed by atoms with Crippen LogP contribution in [-0.4, -0.2) is 16.3 Å². The molecule has 0 bridgehead atoms. The number of fused-ring (bicyclic) bond motifs is 1. The second kappa shape index (κ2) is 5.60. The quantitative estimate of drug-likeness (QED) is 0.918. The molecule has 1 N–H and O–H groups in total. The minimum absolute atomic E-state index is 0.488. The van der Waals surface area contributed by atoms with E-state index in [2.05, 4.69) is 70.1 Å². The van der Waals surface area contributed by atoms with Gasteiger partial charge >= 0.3 is 0 Å². The van der Waals surface area contributed by atoms with Crippen LogP contribution < -0.4 is 5.32 Å². The first-order chi connectivity index (χ1) is 9.65. The Morgan fingerprint density at radius 2 is 2.10 bits per heavy atom. The Morgan fingerprint density at radius 3 is 2.80 bits per heavy atom. The van der Waals surface area contributed by atoms with Crippen LogP contribution in [0, 0.1) is 5.92 Å². The van der Waals surface area contributed by atoms with Crippen molar-refractivity contribution < 1.29 is 0 Å². The van der Waals surface area contributed by atoms with Gasteiger partial charge in [-0.05, 0) is 33.8 Å². The number of hydrogen-bond acceptors (Lipinski definition) is 2. The van der Waals surface area contributed by atoms with Crippen LogP contribution in [0.1, 0.15) is 31.0 Å². The van der Waals surface area contributed by atoms with Crippen LogP contribution in [0.25, 0.3) is 0 Å². The standard InChI is InChI=1S/C16H20BrN3/c1-11(2)8-14-15(17)16-18-9-13(10-20(16)19-14)12-6-4-3-5-7-12/h3-7,11,13,18H,8-10H2,1-2H3. The molecule has 1 aromatic carbocycles. The summed E-state index contributed by atoms with van der Waals surface area (Å²) in [5.41, 5.74) is 2.54.